The molecule has 6 heteroatoms. The van der Waals surface area contributed by atoms with Gasteiger partial charge in [-0.1, -0.05) is 16.7 Å². The Labute approximate surface area is 85.1 Å². The summed E-state index contributed by atoms with van der Waals surface area (Å²) in [5.41, 5.74) is 9.40. The molecule has 0 aliphatic rings. The first-order valence-corrected chi connectivity index (χ1v) is 4.39. The quantitative estimate of drug-likeness (QED) is 0.331. The molecule has 0 aliphatic carbocycles. The number of pyridine rings is 1. The molecule has 0 radical (unpaired) electrons. The third kappa shape index (κ3) is 3.11. The summed E-state index contributed by atoms with van der Waals surface area (Å²) < 4.78 is 0. The van der Waals surface area contributed by atoms with Crippen LogP contribution in [0.2, 0.25) is 5.02 Å². The van der Waals surface area contributed by atoms with Crippen molar-refractivity contribution in [2.45, 2.75) is 12.4 Å². The molecule has 0 fully saturated rings. The molecule has 1 aromatic rings. The number of hydrogen-bond acceptors (Lipinski definition) is 2. The largest absolute Gasteiger partial charge is 0.256 e. The first kappa shape index (κ1) is 10.1. The van der Waals surface area contributed by atoms with Crippen LogP contribution in [0.4, 0.5) is 0 Å². The van der Waals surface area contributed by atoms with Crippen molar-refractivity contribution in [3.63, 3.8) is 0 Å². The van der Waals surface area contributed by atoms with Crippen molar-refractivity contribution in [3.05, 3.63) is 39.0 Å². The predicted octanol–water partition coefficient (Wildman–Crippen LogP) is 3.28. The molecule has 0 N–H and O–H groups in total. The maximum atomic E-state index is 8.09. The third-order valence-electron chi connectivity index (χ3n) is 1.33. The third-order valence-corrected chi connectivity index (χ3v) is 1.82. The molecule has 1 heterocycles. The van der Waals surface area contributed by atoms with Crippen LogP contribution >= 0.6 is 23.2 Å². The van der Waals surface area contributed by atoms with Gasteiger partial charge in [0, 0.05) is 15.6 Å². The molecule has 0 atom stereocenters. The second-order valence-electron chi connectivity index (χ2n) is 2.29. The van der Waals surface area contributed by atoms with E-state index in [1.807, 2.05) is 0 Å². The van der Waals surface area contributed by atoms with E-state index in [0.717, 1.165) is 0 Å². The van der Waals surface area contributed by atoms with Crippen molar-refractivity contribution >= 4 is 23.2 Å². The van der Waals surface area contributed by atoms with Gasteiger partial charge in [-0.2, -0.15) is 0 Å². The molecule has 1 rings (SSSR count). The highest BCUT2D eigenvalue weighted by molar-refractivity contribution is 6.30. The monoisotopic (exact) mass is 216 g/mol. The molecular formula is C7H6Cl2N4. The average Bonchev–Trinajstić information content (AvgIpc) is 2.14. The van der Waals surface area contributed by atoms with Gasteiger partial charge in [0.1, 0.15) is 0 Å². The Bertz CT molecular complexity index is 346. The van der Waals surface area contributed by atoms with E-state index in [1.165, 1.54) is 0 Å². The Morgan fingerprint density at radius 2 is 2.15 bits per heavy atom. The summed E-state index contributed by atoms with van der Waals surface area (Å²) in [6.07, 6.45) is 0. The Morgan fingerprint density at radius 1 is 1.46 bits per heavy atom. The van der Waals surface area contributed by atoms with Gasteiger partial charge < -0.3 is 0 Å². The lowest BCUT2D eigenvalue weighted by molar-refractivity contribution is 0.953. The first-order valence-electron chi connectivity index (χ1n) is 3.48. The van der Waals surface area contributed by atoms with Crippen LogP contribution in [-0.4, -0.2) is 4.98 Å². The number of hydrogen-bond donors (Lipinski definition) is 0. The van der Waals surface area contributed by atoms with Crippen LogP contribution in [0.3, 0.4) is 0 Å². The maximum absolute atomic E-state index is 8.09. The molecule has 0 amide bonds. The second kappa shape index (κ2) is 4.92. The highest BCUT2D eigenvalue weighted by Gasteiger charge is 1.99. The van der Waals surface area contributed by atoms with E-state index in [-0.39, 0.29) is 6.54 Å². The Balaban J connectivity index is 2.93. The molecule has 0 unspecified atom stereocenters. The minimum Gasteiger partial charge on any atom is -0.256 e. The number of nitrogens with zero attached hydrogens (tertiary/aromatic N) is 4. The van der Waals surface area contributed by atoms with Gasteiger partial charge in [0.25, 0.3) is 0 Å². The molecule has 68 valence electrons. The predicted molar refractivity (Wildman–Crippen MR) is 51.7 cm³/mol. The van der Waals surface area contributed by atoms with Crippen LogP contribution in [0.1, 0.15) is 11.4 Å². The lowest BCUT2D eigenvalue weighted by atomic mass is 10.3. The summed E-state index contributed by atoms with van der Waals surface area (Å²) in [5, 5.41) is 3.92. The topological polar surface area (TPSA) is 61.7 Å². The van der Waals surface area contributed by atoms with E-state index in [1.54, 1.807) is 12.1 Å². The zero-order valence-electron chi connectivity index (χ0n) is 6.61. The first-order chi connectivity index (χ1) is 6.26. The molecular weight excluding hydrogens is 211 g/mol. The fourth-order valence-electron chi connectivity index (χ4n) is 0.863. The second-order valence-corrected chi connectivity index (χ2v) is 2.99. The minimum atomic E-state index is 0.195. The Morgan fingerprint density at radius 3 is 2.77 bits per heavy atom. The molecule has 0 spiro atoms. The molecule has 0 bridgehead atoms. The van der Waals surface area contributed by atoms with E-state index < -0.39 is 0 Å². The lowest BCUT2D eigenvalue weighted by Gasteiger charge is -1.99. The van der Waals surface area contributed by atoms with Crippen molar-refractivity contribution in [2.75, 3.05) is 0 Å². The van der Waals surface area contributed by atoms with Crippen LogP contribution in [-0.2, 0) is 12.4 Å². The SMILES string of the molecule is [N-]=[N+]=NCc1cc(Cl)cc(CCl)n1. The number of rotatable bonds is 3. The fourth-order valence-corrected chi connectivity index (χ4v) is 1.25. The normalized spacial score (nSPS) is 9.38. The molecule has 0 saturated carbocycles. The molecule has 13 heavy (non-hydrogen) atoms. The maximum Gasteiger partial charge on any atom is 0.0684 e. The van der Waals surface area contributed by atoms with Crippen LogP contribution in [0.25, 0.3) is 10.4 Å². The highest BCUT2D eigenvalue weighted by atomic mass is 35.5. The Kier molecular flexibility index (Phi) is 3.83. The molecule has 4 nitrogen and oxygen atoms in total. The van der Waals surface area contributed by atoms with Crippen LogP contribution in [0.5, 0.6) is 0 Å². The van der Waals surface area contributed by atoms with Gasteiger partial charge in [-0.25, -0.2) is 0 Å². The van der Waals surface area contributed by atoms with E-state index in [2.05, 4.69) is 15.0 Å². The molecule has 0 saturated heterocycles. The van der Waals surface area contributed by atoms with Gasteiger partial charge in [-0.3, -0.25) is 4.98 Å². The van der Waals surface area contributed by atoms with Gasteiger partial charge in [-0.05, 0) is 17.7 Å². The van der Waals surface area contributed by atoms with Crippen molar-refractivity contribution in [1.82, 2.24) is 4.98 Å². The fraction of sp³-hybridized carbons (Fsp3) is 0.286. The van der Waals surface area contributed by atoms with E-state index in [9.17, 15) is 0 Å². The summed E-state index contributed by atoms with van der Waals surface area (Å²) >= 11 is 11.4. The van der Waals surface area contributed by atoms with E-state index in [4.69, 9.17) is 28.7 Å². The van der Waals surface area contributed by atoms with Crippen molar-refractivity contribution < 1.29 is 0 Å². The number of aromatic nitrogens is 1. The van der Waals surface area contributed by atoms with Gasteiger partial charge in [0.15, 0.2) is 0 Å². The van der Waals surface area contributed by atoms with E-state index in [0.29, 0.717) is 22.3 Å². The summed E-state index contributed by atoms with van der Waals surface area (Å²) in [5.74, 6) is 0.295. The number of azide groups is 1. The summed E-state index contributed by atoms with van der Waals surface area (Å²) in [4.78, 5) is 6.73. The van der Waals surface area contributed by atoms with Gasteiger partial charge in [0.2, 0.25) is 0 Å². The summed E-state index contributed by atoms with van der Waals surface area (Å²) in [6, 6.07) is 3.32. The Hall–Kier alpha value is -0.960. The highest BCUT2D eigenvalue weighted by Crippen LogP contribution is 2.13. The van der Waals surface area contributed by atoms with E-state index >= 15 is 0 Å². The number of alkyl halides is 1. The zero-order valence-corrected chi connectivity index (χ0v) is 8.13. The average molecular weight is 217 g/mol. The minimum absolute atomic E-state index is 0.195. The van der Waals surface area contributed by atoms with Crippen molar-refractivity contribution in [3.8, 4) is 0 Å². The van der Waals surface area contributed by atoms with Crippen LogP contribution < -0.4 is 0 Å². The van der Waals surface area contributed by atoms with Crippen LogP contribution in [0.15, 0.2) is 17.2 Å². The standard InChI is InChI=1S/C7H6Cl2N4/c8-3-6-1-5(9)2-7(12-6)4-11-13-10/h1-2H,3-4H2. The van der Waals surface area contributed by atoms with Crippen molar-refractivity contribution in [1.29, 1.82) is 0 Å². The number of halogens is 2. The summed E-state index contributed by atoms with van der Waals surface area (Å²) in [7, 11) is 0. The van der Waals surface area contributed by atoms with Gasteiger partial charge >= 0.3 is 0 Å². The van der Waals surface area contributed by atoms with Gasteiger partial charge in [-0.15, -0.1) is 11.6 Å². The van der Waals surface area contributed by atoms with Crippen molar-refractivity contribution in [2.24, 2.45) is 5.11 Å². The lowest BCUT2D eigenvalue weighted by Crippen LogP contribution is -1.92. The zero-order chi connectivity index (χ0) is 9.68. The molecule has 1 aromatic heterocycles. The molecule has 0 aromatic carbocycles. The molecule has 0 aliphatic heterocycles. The van der Waals surface area contributed by atoms with Gasteiger partial charge in [0.05, 0.1) is 18.1 Å². The van der Waals surface area contributed by atoms with Crippen LogP contribution in [0, 0.1) is 0 Å². The smallest absolute Gasteiger partial charge is 0.0684 e. The summed E-state index contributed by atoms with van der Waals surface area (Å²) in [6.45, 7) is 0.195.